The molecule has 0 radical (unpaired) electrons. The van der Waals surface area contributed by atoms with Crippen molar-refractivity contribution in [2.75, 3.05) is 0 Å². The molecule has 0 amide bonds. The highest BCUT2D eigenvalue weighted by atomic mass is 19.3. The van der Waals surface area contributed by atoms with Gasteiger partial charge in [-0.15, -0.1) is 15.3 Å². The molecular formula is C25H27F2N7. The molecule has 0 saturated heterocycles. The van der Waals surface area contributed by atoms with Crippen molar-refractivity contribution in [2.45, 2.75) is 52.0 Å². The summed E-state index contributed by atoms with van der Waals surface area (Å²) in [7, 11) is 0. The lowest BCUT2D eigenvalue weighted by atomic mass is 10.0. The van der Waals surface area contributed by atoms with Crippen LogP contribution in [0, 0.1) is 0 Å². The van der Waals surface area contributed by atoms with Gasteiger partial charge in [0.25, 0.3) is 0 Å². The zero-order chi connectivity index (χ0) is 24.0. The zero-order valence-electron chi connectivity index (χ0n) is 19.2. The third kappa shape index (κ3) is 5.59. The van der Waals surface area contributed by atoms with Crippen molar-refractivity contribution in [3.63, 3.8) is 0 Å². The Bertz CT molecular complexity index is 1230. The van der Waals surface area contributed by atoms with Gasteiger partial charge >= 0.3 is 5.92 Å². The molecule has 0 bridgehead atoms. The van der Waals surface area contributed by atoms with Crippen molar-refractivity contribution in [1.82, 2.24) is 35.4 Å². The van der Waals surface area contributed by atoms with E-state index in [2.05, 4.69) is 36.8 Å². The summed E-state index contributed by atoms with van der Waals surface area (Å²) in [4.78, 5) is 4.14. The smallest absolute Gasteiger partial charge is 0.241 e. The number of nitrogens with zero attached hydrogens (tertiary/aromatic N) is 6. The first kappa shape index (κ1) is 23.4. The minimum atomic E-state index is -3.03. The van der Waals surface area contributed by atoms with Crippen LogP contribution >= 0.6 is 0 Å². The van der Waals surface area contributed by atoms with Gasteiger partial charge in [-0.25, -0.2) is 9.67 Å². The lowest BCUT2D eigenvalue weighted by Gasteiger charge is -2.10. The average Bonchev–Trinajstić information content (AvgIpc) is 3.50. The second-order valence-electron chi connectivity index (χ2n) is 8.15. The maximum absolute atomic E-state index is 14.4. The van der Waals surface area contributed by atoms with E-state index < -0.39 is 11.7 Å². The molecule has 0 spiro atoms. The third-order valence-corrected chi connectivity index (χ3v) is 5.39. The number of halogens is 2. The summed E-state index contributed by atoms with van der Waals surface area (Å²) in [6.07, 6.45) is 5.28. The first-order valence-corrected chi connectivity index (χ1v) is 11.4. The highest BCUT2D eigenvalue weighted by Crippen LogP contribution is 2.31. The number of hydrogen-bond donors (Lipinski definition) is 1. The van der Waals surface area contributed by atoms with Crippen molar-refractivity contribution >= 4 is 6.08 Å². The molecule has 1 N–H and O–H groups in total. The van der Waals surface area contributed by atoms with E-state index in [-0.39, 0.29) is 6.42 Å². The number of aromatic amines is 1. The summed E-state index contributed by atoms with van der Waals surface area (Å²) >= 11 is 0. The molecule has 0 aliphatic rings. The lowest BCUT2D eigenvalue weighted by molar-refractivity contribution is -0.0232. The van der Waals surface area contributed by atoms with Crippen molar-refractivity contribution in [3.8, 4) is 11.4 Å². The van der Waals surface area contributed by atoms with Crippen LogP contribution < -0.4 is 0 Å². The van der Waals surface area contributed by atoms with Crippen LogP contribution in [0.1, 0.15) is 61.4 Å². The molecule has 0 aliphatic heterocycles. The van der Waals surface area contributed by atoms with Crippen LogP contribution in [0.15, 0.2) is 54.6 Å². The Hall–Kier alpha value is -3.75. The standard InChI is InChI=1S/C25H27F2N7/c1-3-5-9-22-28-24(25(26,27)14-4-2)31-34(22)17-19-12-10-18(11-13-19)15-20-7-6-8-21(16-20)23-29-32-33-30-23/h5-13,16H,3-4,14-15,17H2,1-2H3,(H,29,30,32,33)/b9-5+. The molecule has 4 rings (SSSR count). The quantitative estimate of drug-likeness (QED) is 0.340. The summed E-state index contributed by atoms with van der Waals surface area (Å²) in [6.45, 7) is 4.08. The van der Waals surface area contributed by atoms with Crippen LogP contribution in [0.2, 0.25) is 0 Å². The highest BCUT2D eigenvalue weighted by molar-refractivity contribution is 5.55. The van der Waals surface area contributed by atoms with E-state index in [4.69, 9.17) is 0 Å². The second kappa shape index (κ2) is 10.5. The first-order chi connectivity index (χ1) is 16.5. The highest BCUT2D eigenvalue weighted by Gasteiger charge is 2.35. The molecule has 2 heterocycles. The third-order valence-electron chi connectivity index (χ3n) is 5.39. The Balaban J connectivity index is 1.50. The zero-order valence-corrected chi connectivity index (χ0v) is 19.2. The number of tetrazole rings is 1. The predicted molar refractivity (Wildman–Crippen MR) is 126 cm³/mol. The van der Waals surface area contributed by atoms with Gasteiger partial charge in [0.2, 0.25) is 11.6 Å². The maximum Gasteiger partial charge on any atom is 0.308 e. The number of alkyl halides is 2. The van der Waals surface area contributed by atoms with Crippen LogP contribution in [-0.2, 0) is 18.9 Å². The topological polar surface area (TPSA) is 85.2 Å². The van der Waals surface area contributed by atoms with Gasteiger partial charge in [0.05, 0.1) is 6.54 Å². The second-order valence-corrected chi connectivity index (χ2v) is 8.15. The van der Waals surface area contributed by atoms with Crippen molar-refractivity contribution in [3.05, 3.63) is 82.9 Å². The number of allylic oxidation sites excluding steroid dienone is 1. The van der Waals surface area contributed by atoms with Gasteiger partial charge in [-0.1, -0.05) is 62.4 Å². The van der Waals surface area contributed by atoms with Crippen LogP contribution in [-0.4, -0.2) is 35.4 Å². The number of aromatic nitrogens is 7. The van der Waals surface area contributed by atoms with E-state index in [0.717, 1.165) is 35.1 Å². The number of H-pyrrole nitrogens is 1. The van der Waals surface area contributed by atoms with E-state index in [1.165, 1.54) is 0 Å². The fraction of sp³-hybridized carbons (Fsp3) is 0.320. The van der Waals surface area contributed by atoms with E-state index in [1.807, 2.05) is 55.5 Å². The number of benzene rings is 2. The molecule has 9 heteroatoms. The summed E-state index contributed by atoms with van der Waals surface area (Å²) in [6, 6.07) is 16.1. The lowest BCUT2D eigenvalue weighted by Crippen LogP contribution is -2.15. The van der Waals surface area contributed by atoms with Crippen molar-refractivity contribution in [1.29, 1.82) is 0 Å². The van der Waals surface area contributed by atoms with E-state index in [0.29, 0.717) is 24.6 Å². The van der Waals surface area contributed by atoms with E-state index >= 15 is 0 Å². The molecule has 2 aromatic heterocycles. The molecule has 2 aromatic carbocycles. The first-order valence-electron chi connectivity index (χ1n) is 11.4. The van der Waals surface area contributed by atoms with Gasteiger partial charge in [0.1, 0.15) is 0 Å². The summed E-state index contributed by atoms with van der Waals surface area (Å²) < 4.78 is 30.4. The van der Waals surface area contributed by atoms with E-state index in [1.54, 1.807) is 17.7 Å². The SMILES string of the molecule is CC/C=C/c1nc(C(F)(F)CCC)nn1Cc1ccc(Cc2cccc(-c3nn[nH]n3)c2)cc1. The van der Waals surface area contributed by atoms with Gasteiger partial charge in [-0.2, -0.15) is 14.0 Å². The van der Waals surface area contributed by atoms with Gasteiger partial charge < -0.3 is 0 Å². The molecule has 0 fully saturated rings. The van der Waals surface area contributed by atoms with Crippen LogP contribution in [0.25, 0.3) is 17.5 Å². The van der Waals surface area contributed by atoms with Gasteiger partial charge in [0, 0.05) is 12.0 Å². The fourth-order valence-electron chi connectivity index (χ4n) is 3.67. The monoisotopic (exact) mass is 463 g/mol. The molecule has 34 heavy (non-hydrogen) atoms. The van der Waals surface area contributed by atoms with Gasteiger partial charge in [-0.05, 0) is 53.3 Å². The molecular weight excluding hydrogens is 436 g/mol. The number of hydrogen-bond acceptors (Lipinski definition) is 5. The van der Waals surface area contributed by atoms with Crippen LogP contribution in [0.5, 0.6) is 0 Å². The maximum atomic E-state index is 14.4. The summed E-state index contributed by atoms with van der Waals surface area (Å²) in [5.74, 6) is -2.45. The summed E-state index contributed by atoms with van der Waals surface area (Å²) in [5, 5.41) is 18.3. The number of rotatable bonds is 10. The largest absolute Gasteiger partial charge is 0.308 e. The van der Waals surface area contributed by atoms with Gasteiger partial charge in [0.15, 0.2) is 5.82 Å². The molecule has 7 nitrogen and oxygen atoms in total. The Labute approximate surface area is 196 Å². The normalized spacial score (nSPS) is 12.0. The average molecular weight is 464 g/mol. The van der Waals surface area contributed by atoms with Crippen LogP contribution in [0.3, 0.4) is 0 Å². The summed E-state index contributed by atoms with van der Waals surface area (Å²) in [5.41, 5.74) is 4.12. The van der Waals surface area contributed by atoms with Gasteiger partial charge in [-0.3, -0.25) is 0 Å². The molecule has 176 valence electrons. The predicted octanol–water partition coefficient (Wildman–Crippen LogP) is 5.41. The molecule has 0 aliphatic carbocycles. The van der Waals surface area contributed by atoms with Crippen molar-refractivity contribution in [2.24, 2.45) is 0 Å². The fourth-order valence-corrected chi connectivity index (χ4v) is 3.67. The Kier molecular flexibility index (Phi) is 7.20. The van der Waals surface area contributed by atoms with E-state index in [9.17, 15) is 8.78 Å². The molecule has 0 unspecified atom stereocenters. The van der Waals surface area contributed by atoms with Crippen LogP contribution in [0.4, 0.5) is 8.78 Å². The Morgan fingerprint density at radius 2 is 1.82 bits per heavy atom. The minimum Gasteiger partial charge on any atom is -0.241 e. The molecule has 4 aromatic rings. The Morgan fingerprint density at radius 1 is 1.03 bits per heavy atom. The minimum absolute atomic E-state index is 0.267. The Morgan fingerprint density at radius 3 is 2.53 bits per heavy atom. The molecule has 0 atom stereocenters. The molecule has 0 saturated carbocycles. The van der Waals surface area contributed by atoms with Crippen molar-refractivity contribution < 1.29 is 8.78 Å². The number of nitrogens with one attached hydrogen (secondary N) is 1.